The number of carbonyl (C=O) groups excluding carboxylic acids is 1. The van der Waals surface area contributed by atoms with E-state index in [4.69, 9.17) is 14.6 Å². The summed E-state index contributed by atoms with van der Waals surface area (Å²) in [5.41, 5.74) is 3.69. The maximum Gasteiger partial charge on any atom is 0.404 e. The van der Waals surface area contributed by atoms with Gasteiger partial charge in [-0.15, -0.1) is 0 Å². The summed E-state index contributed by atoms with van der Waals surface area (Å²) in [4.78, 5) is 32.0. The van der Waals surface area contributed by atoms with E-state index in [0.717, 1.165) is 18.4 Å². The highest BCUT2D eigenvalue weighted by atomic mass is 19.1. The van der Waals surface area contributed by atoms with Crippen LogP contribution in [0.2, 0.25) is 0 Å². The molecule has 2 saturated carbocycles. The zero-order chi connectivity index (χ0) is 26.1. The molecule has 3 aromatic rings. The predicted molar refractivity (Wildman–Crippen MR) is 136 cm³/mol. The van der Waals surface area contributed by atoms with E-state index < -0.39 is 11.9 Å². The second-order valence-electron chi connectivity index (χ2n) is 9.92. The van der Waals surface area contributed by atoms with Gasteiger partial charge in [0.05, 0.1) is 24.8 Å². The summed E-state index contributed by atoms with van der Waals surface area (Å²) in [7, 11) is 1.42. The number of nitrogens with zero attached hydrogens (tertiary/aromatic N) is 1. The molecule has 0 bridgehead atoms. The molecule has 0 unspecified atom stereocenters. The van der Waals surface area contributed by atoms with Crippen LogP contribution in [0.25, 0.3) is 22.2 Å². The van der Waals surface area contributed by atoms with E-state index in [1.54, 1.807) is 12.3 Å². The molecule has 37 heavy (non-hydrogen) atoms. The molecule has 2 amide bonds. The molecule has 0 atom stereocenters. The van der Waals surface area contributed by atoms with E-state index in [1.165, 1.54) is 13.2 Å². The lowest BCUT2D eigenvalue weighted by atomic mass is 9.91. The van der Waals surface area contributed by atoms with Crippen molar-refractivity contribution in [2.45, 2.75) is 57.5 Å². The topological polar surface area (TPSA) is 126 Å². The number of aromatic amines is 1. The fourth-order valence-electron chi connectivity index (χ4n) is 5.04. The number of hydrogen-bond acceptors (Lipinski definition) is 5. The Labute approximate surface area is 213 Å². The Bertz CT molecular complexity index is 1330. The number of fused-ring (bicyclic) bond motifs is 1. The van der Waals surface area contributed by atoms with Crippen LogP contribution in [0.5, 0.6) is 11.5 Å². The Hall–Kier alpha value is -3.82. The molecule has 0 radical (unpaired) electrons. The first-order valence-electron chi connectivity index (χ1n) is 12.6. The number of hydrogen-bond donors (Lipinski definition) is 4. The number of pyridine rings is 1. The van der Waals surface area contributed by atoms with Crippen molar-refractivity contribution in [2.75, 3.05) is 13.7 Å². The maximum atomic E-state index is 14.6. The van der Waals surface area contributed by atoms with E-state index in [9.17, 15) is 14.0 Å². The van der Waals surface area contributed by atoms with Crippen LogP contribution >= 0.6 is 0 Å². The third kappa shape index (κ3) is 5.33. The average Bonchev–Trinajstić information content (AvgIpc) is 3.63. The fourth-order valence-corrected chi connectivity index (χ4v) is 5.04. The number of rotatable bonds is 8. The van der Waals surface area contributed by atoms with Gasteiger partial charge in [0.15, 0.2) is 11.6 Å². The molecule has 2 fully saturated rings. The van der Waals surface area contributed by atoms with Crippen LogP contribution in [0.15, 0.2) is 24.4 Å². The third-order valence-corrected chi connectivity index (χ3v) is 7.21. The summed E-state index contributed by atoms with van der Waals surface area (Å²) in [5, 5.41) is 14.5. The van der Waals surface area contributed by atoms with Gasteiger partial charge in [-0.1, -0.05) is 0 Å². The highest BCUT2D eigenvalue weighted by molar-refractivity contribution is 6.09. The van der Waals surface area contributed by atoms with Crippen molar-refractivity contribution in [3.05, 3.63) is 41.5 Å². The molecule has 5 rings (SSSR count). The van der Waals surface area contributed by atoms with Crippen molar-refractivity contribution in [1.29, 1.82) is 0 Å². The molecular formula is C27H31FN4O5. The Morgan fingerprint density at radius 2 is 1.78 bits per heavy atom. The van der Waals surface area contributed by atoms with E-state index in [-0.39, 0.29) is 23.7 Å². The van der Waals surface area contributed by atoms with Gasteiger partial charge in [0.1, 0.15) is 11.3 Å². The molecule has 4 N–H and O–H groups in total. The van der Waals surface area contributed by atoms with Crippen molar-refractivity contribution >= 4 is 23.0 Å². The molecule has 10 heteroatoms. The van der Waals surface area contributed by atoms with Gasteiger partial charge >= 0.3 is 6.09 Å². The summed E-state index contributed by atoms with van der Waals surface area (Å²) in [5.74, 6) is 0.285. The average molecular weight is 511 g/mol. The third-order valence-electron chi connectivity index (χ3n) is 7.21. The number of carbonyl (C=O) groups is 2. The minimum absolute atomic E-state index is 0.0457. The molecule has 2 heterocycles. The minimum atomic E-state index is -1.02. The van der Waals surface area contributed by atoms with Crippen LogP contribution in [-0.4, -0.2) is 52.9 Å². The molecule has 1 aromatic carbocycles. The second-order valence-corrected chi connectivity index (χ2v) is 9.92. The van der Waals surface area contributed by atoms with Crippen LogP contribution in [0.1, 0.15) is 54.6 Å². The van der Waals surface area contributed by atoms with Crippen LogP contribution in [0.3, 0.4) is 0 Å². The number of benzene rings is 1. The number of methoxy groups -OCH3 is 1. The molecule has 196 valence electrons. The number of amides is 2. The summed E-state index contributed by atoms with van der Waals surface area (Å²) >= 11 is 0. The Kier molecular flexibility index (Phi) is 6.90. The SMILES string of the molecule is COc1cc(-c2ccnc3c(C(=O)N[C@H]4CC[C@@H](NC(=O)O)CC4)c(C)[nH]c23)c(OCC2CC2)cc1F. The lowest BCUT2D eigenvalue weighted by Crippen LogP contribution is -2.43. The smallest absolute Gasteiger partial charge is 0.404 e. The van der Waals surface area contributed by atoms with Gasteiger partial charge in [-0.25, -0.2) is 9.18 Å². The zero-order valence-electron chi connectivity index (χ0n) is 20.9. The summed E-state index contributed by atoms with van der Waals surface area (Å²) in [6.45, 7) is 2.35. The molecule has 2 aliphatic rings. The second kappa shape index (κ2) is 10.3. The van der Waals surface area contributed by atoms with Crippen LogP contribution in [0, 0.1) is 18.7 Å². The first-order valence-corrected chi connectivity index (χ1v) is 12.6. The van der Waals surface area contributed by atoms with Gasteiger partial charge in [-0.3, -0.25) is 9.78 Å². The highest BCUT2D eigenvalue weighted by Crippen LogP contribution is 2.40. The number of ether oxygens (including phenoxy) is 2. The summed E-state index contributed by atoms with van der Waals surface area (Å²) in [6, 6.07) is 4.64. The quantitative estimate of drug-likeness (QED) is 0.346. The normalized spacial score (nSPS) is 19.4. The number of carboxylic acid groups (broad SMARTS) is 1. The van der Waals surface area contributed by atoms with E-state index in [2.05, 4.69) is 20.6 Å². The van der Waals surface area contributed by atoms with Crippen LogP contribution < -0.4 is 20.1 Å². The van der Waals surface area contributed by atoms with E-state index in [1.807, 2.05) is 13.0 Å². The van der Waals surface area contributed by atoms with Gasteiger partial charge < -0.3 is 30.2 Å². The minimum Gasteiger partial charge on any atom is -0.494 e. The standard InChI is InChI=1S/C27H31FN4O5/c1-14-23(26(33)31-16-5-7-17(8-6-16)32-27(34)35)25-24(30-14)18(9-10-29-25)19-11-22(36-2)20(28)12-21(19)37-13-15-3-4-15/h9-12,15-17,30,32H,3-8,13H2,1-2H3,(H,31,33)(H,34,35)/t16-,17+. The van der Waals surface area contributed by atoms with Gasteiger partial charge in [0.2, 0.25) is 0 Å². The summed E-state index contributed by atoms with van der Waals surface area (Å²) in [6.07, 6.45) is 5.54. The van der Waals surface area contributed by atoms with Gasteiger partial charge in [-0.05, 0) is 63.5 Å². The molecule has 2 aliphatic carbocycles. The first-order chi connectivity index (χ1) is 17.8. The number of aromatic nitrogens is 2. The number of H-pyrrole nitrogens is 1. The predicted octanol–water partition coefficient (Wildman–Crippen LogP) is 4.78. The Balaban J connectivity index is 1.43. The van der Waals surface area contributed by atoms with Gasteiger partial charge in [-0.2, -0.15) is 0 Å². The van der Waals surface area contributed by atoms with Crippen molar-refractivity contribution in [3.8, 4) is 22.6 Å². The van der Waals surface area contributed by atoms with Crippen molar-refractivity contribution in [2.24, 2.45) is 5.92 Å². The molecule has 2 aromatic heterocycles. The largest absolute Gasteiger partial charge is 0.494 e. The monoisotopic (exact) mass is 510 g/mol. The lowest BCUT2D eigenvalue weighted by molar-refractivity contribution is 0.0924. The molecule has 9 nitrogen and oxygen atoms in total. The molecule has 0 saturated heterocycles. The van der Waals surface area contributed by atoms with E-state index in [0.29, 0.717) is 71.8 Å². The first kappa shape index (κ1) is 24.9. The Morgan fingerprint density at radius 3 is 2.43 bits per heavy atom. The van der Waals surface area contributed by atoms with Crippen molar-refractivity contribution < 1.29 is 28.6 Å². The lowest BCUT2D eigenvalue weighted by Gasteiger charge is -2.28. The molecule has 0 spiro atoms. The summed E-state index contributed by atoms with van der Waals surface area (Å²) < 4.78 is 25.8. The van der Waals surface area contributed by atoms with Crippen LogP contribution in [0.4, 0.5) is 9.18 Å². The maximum absolute atomic E-state index is 14.6. The number of halogens is 1. The van der Waals surface area contributed by atoms with Crippen LogP contribution in [-0.2, 0) is 0 Å². The molecule has 0 aliphatic heterocycles. The highest BCUT2D eigenvalue weighted by Gasteiger charge is 2.27. The number of nitrogens with one attached hydrogen (secondary N) is 3. The van der Waals surface area contributed by atoms with E-state index >= 15 is 0 Å². The fraction of sp³-hybridized carbons (Fsp3) is 0.444. The molecular weight excluding hydrogens is 479 g/mol. The number of aryl methyl sites for hydroxylation is 1. The Morgan fingerprint density at radius 1 is 1.08 bits per heavy atom. The van der Waals surface area contributed by atoms with Crippen molar-refractivity contribution in [3.63, 3.8) is 0 Å². The van der Waals surface area contributed by atoms with Gasteiger partial charge in [0, 0.05) is 41.2 Å². The van der Waals surface area contributed by atoms with Crippen molar-refractivity contribution in [1.82, 2.24) is 20.6 Å². The zero-order valence-corrected chi connectivity index (χ0v) is 20.9. The van der Waals surface area contributed by atoms with Gasteiger partial charge in [0.25, 0.3) is 5.91 Å².